The monoisotopic (exact) mass is 309 g/mol. The van der Waals surface area contributed by atoms with Gasteiger partial charge in [-0.15, -0.1) is 11.3 Å². The number of carbonyl (C=O) groups excluding carboxylic acids is 1. The highest BCUT2D eigenvalue weighted by Gasteiger charge is 2.24. The molecule has 1 aromatic heterocycles. The van der Waals surface area contributed by atoms with Crippen molar-refractivity contribution in [3.8, 4) is 0 Å². The third kappa shape index (κ3) is 4.80. The first-order chi connectivity index (χ1) is 10.2. The van der Waals surface area contributed by atoms with Crippen molar-refractivity contribution in [3.63, 3.8) is 0 Å². The maximum Gasteiger partial charge on any atom is 0.227 e. The van der Waals surface area contributed by atoms with Crippen LogP contribution in [0, 0.1) is 5.92 Å². The summed E-state index contributed by atoms with van der Waals surface area (Å²) in [6, 6.07) is 4.29. The quantitative estimate of drug-likeness (QED) is 0.876. The fourth-order valence-corrected chi connectivity index (χ4v) is 3.67. The zero-order valence-corrected chi connectivity index (χ0v) is 13.8. The van der Waals surface area contributed by atoms with Gasteiger partial charge in [-0.05, 0) is 24.3 Å². The van der Waals surface area contributed by atoms with E-state index in [2.05, 4.69) is 29.3 Å². The van der Waals surface area contributed by atoms with E-state index in [1.807, 2.05) is 4.90 Å². The number of amides is 1. The molecule has 1 aliphatic heterocycles. The number of rotatable bonds is 6. The molecular formula is C16H27N3OS. The van der Waals surface area contributed by atoms with Crippen LogP contribution in [0.25, 0.3) is 0 Å². The third-order valence-corrected chi connectivity index (χ3v) is 4.99. The van der Waals surface area contributed by atoms with Crippen LogP contribution >= 0.6 is 11.3 Å². The zero-order valence-electron chi connectivity index (χ0n) is 13.0. The van der Waals surface area contributed by atoms with Gasteiger partial charge >= 0.3 is 0 Å². The molecular weight excluding hydrogens is 282 g/mol. The molecule has 0 saturated carbocycles. The molecule has 1 saturated heterocycles. The van der Waals surface area contributed by atoms with E-state index in [9.17, 15) is 4.79 Å². The van der Waals surface area contributed by atoms with Gasteiger partial charge in [-0.2, -0.15) is 0 Å². The van der Waals surface area contributed by atoms with Crippen LogP contribution in [0.4, 0.5) is 0 Å². The molecule has 2 heterocycles. The molecule has 0 bridgehead atoms. The van der Waals surface area contributed by atoms with Crippen LogP contribution in [-0.4, -0.2) is 48.4 Å². The van der Waals surface area contributed by atoms with E-state index in [1.165, 1.54) is 4.88 Å². The maximum atomic E-state index is 12.5. The summed E-state index contributed by atoms with van der Waals surface area (Å²) in [5.74, 6) is 0.274. The first-order valence-corrected chi connectivity index (χ1v) is 8.86. The molecule has 1 unspecified atom stereocenters. The Morgan fingerprint density at radius 2 is 2.24 bits per heavy atom. The molecule has 5 heteroatoms. The molecule has 118 valence electrons. The number of thiophene rings is 1. The minimum atomic E-state index is 0.0128. The first-order valence-electron chi connectivity index (χ1n) is 7.98. The second-order valence-corrected chi connectivity index (χ2v) is 6.79. The average Bonchev–Trinajstić information content (AvgIpc) is 2.89. The van der Waals surface area contributed by atoms with Crippen LogP contribution in [0.2, 0.25) is 0 Å². The Hall–Kier alpha value is -0.910. The van der Waals surface area contributed by atoms with Crippen molar-refractivity contribution in [1.82, 2.24) is 9.80 Å². The molecule has 1 amide bonds. The summed E-state index contributed by atoms with van der Waals surface area (Å²) in [6.45, 7) is 7.35. The molecule has 21 heavy (non-hydrogen) atoms. The topological polar surface area (TPSA) is 49.6 Å². The Morgan fingerprint density at radius 1 is 1.38 bits per heavy atom. The highest BCUT2D eigenvalue weighted by Crippen LogP contribution is 2.15. The van der Waals surface area contributed by atoms with Crippen molar-refractivity contribution in [2.45, 2.75) is 32.7 Å². The van der Waals surface area contributed by atoms with E-state index in [1.54, 1.807) is 11.3 Å². The second-order valence-electron chi connectivity index (χ2n) is 5.76. The molecule has 0 aromatic carbocycles. The van der Waals surface area contributed by atoms with Crippen molar-refractivity contribution < 1.29 is 4.79 Å². The van der Waals surface area contributed by atoms with Gasteiger partial charge in [0.1, 0.15) is 0 Å². The molecule has 0 radical (unpaired) electrons. The number of hydrogen-bond acceptors (Lipinski definition) is 4. The Balaban J connectivity index is 1.86. The van der Waals surface area contributed by atoms with Gasteiger partial charge in [0, 0.05) is 44.1 Å². The molecule has 1 atom stereocenters. The van der Waals surface area contributed by atoms with Crippen molar-refractivity contribution in [2.24, 2.45) is 11.7 Å². The fourth-order valence-electron chi connectivity index (χ4n) is 2.92. The number of nitrogens with zero attached hydrogens (tertiary/aromatic N) is 2. The minimum Gasteiger partial charge on any atom is -0.341 e. The van der Waals surface area contributed by atoms with Crippen LogP contribution < -0.4 is 5.73 Å². The van der Waals surface area contributed by atoms with E-state index < -0.39 is 0 Å². The summed E-state index contributed by atoms with van der Waals surface area (Å²) in [6.07, 6.45) is 2.98. The van der Waals surface area contributed by atoms with Crippen LogP contribution in [0.1, 0.15) is 31.1 Å². The Labute approximate surface area is 131 Å². The lowest BCUT2D eigenvalue weighted by Gasteiger charge is -2.25. The van der Waals surface area contributed by atoms with Gasteiger partial charge in [0.05, 0.1) is 5.92 Å². The van der Waals surface area contributed by atoms with Gasteiger partial charge in [0.15, 0.2) is 0 Å². The van der Waals surface area contributed by atoms with E-state index in [0.717, 1.165) is 52.0 Å². The average molecular weight is 309 g/mol. The summed E-state index contributed by atoms with van der Waals surface area (Å²) in [5, 5.41) is 2.12. The molecule has 2 rings (SSSR count). The summed E-state index contributed by atoms with van der Waals surface area (Å²) in [7, 11) is 0. The van der Waals surface area contributed by atoms with Crippen molar-refractivity contribution in [1.29, 1.82) is 0 Å². The largest absolute Gasteiger partial charge is 0.341 e. The summed E-state index contributed by atoms with van der Waals surface area (Å²) in [4.78, 5) is 18.4. The lowest BCUT2D eigenvalue weighted by molar-refractivity contribution is -0.135. The molecule has 0 aliphatic carbocycles. The van der Waals surface area contributed by atoms with Crippen LogP contribution in [0.5, 0.6) is 0 Å². The van der Waals surface area contributed by atoms with Crippen molar-refractivity contribution in [2.75, 3.05) is 32.7 Å². The molecule has 1 aromatic rings. The van der Waals surface area contributed by atoms with E-state index in [4.69, 9.17) is 5.73 Å². The lowest BCUT2D eigenvalue weighted by Crippen LogP contribution is -2.41. The third-order valence-electron chi connectivity index (χ3n) is 4.13. The Bertz CT molecular complexity index is 421. The molecule has 1 fully saturated rings. The van der Waals surface area contributed by atoms with Gasteiger partial charge < -0.3 is 10.6 Å². The first kappa shape index (κ1) is 16.5. The van der Waals surface area contributed by atoms with E-state index in [0.29, 0.717) is 6.54 Å². The van der Waals surface area contributed by atoms with Gasteiger partial charge in [0.25, 0.3) is 0 Å². The van der Waals surface area contributed by atoms with Gasteiger partial charge in [-0.1, -0.05) is 19.4 Å². The highest BCUT2D eigenvalue weighted by molar-refractivity contribution is 7.09. The van der Waals surface area contributed by atoms with Gasteiger partial charge in [0.2, 0.25) is 5.91 Å². The SMILES string of the molecule is CCCC(CN)C(=O)N1CCCN(Cc2cccs2)CC1. The highest BCUT2D eigenvalue weighted by atomic mass is 32.1. The predicted octanol–water partition coefficient (Wildman–Crippen LogP) is 2.16. The smallest absolute Gasteiger partial charge is 0.227 e. The van der Waals surface area contributed by atoms with E-state index >= 15 is 0 Å². The number of hydrogen-bond donors (Lipinski definition) is 1. The molecule has 1 aliphatic rings. The molecule has 0 spiro atoms. The fraction of sp³-hybridized carbons (Fsp3) is 0.688. The number of nitrogens with two attached hydrogens (primary N) is 1. The van der Waals surface area contributed by atoms with Crippen molar-refractivity contribution in [3.05, 3.63) is 22.4 Å². The summed E-state index contributed by atoms with van der Waals surface area (Å²) in [5.41, 5.74) is 5.77. The standard InChI is InChI=1S/C16H27N3OS/c1-2-5-14(12-17)16(20)19-8-4-7-18(9-10-19)13-15-6-3-11-21-15/h3,6,11,14H,2,4-5,7-10,12-13,17H2,1H3. The Kier molecular flexibility index (Phi) is 6.67. The van der Waals surface area contributed by atoms with Gasteiger partial charge in [-0.3, -0.25) is 9.69 Å². The Morgan fingerprint density at radius 3 is 2.90 bits per heavy atom. The molecule has 4 nitrogen and oxygen atoms in total. The van der Waals surface area contributed by atoms with Crippen LogP contribution in [-0.2, 0) is 11.3 Å². The predicted molar refractivity (Wildman–Crippen MR) is 88.2 cm³/mol. The maximum absolute atomic E-state index is 12.5. The van der Waals surface area contributed by atoms with Crippen LogP contribution in [0.3, 0.4) is 0 Å². The van der Waals surface area contributed by atoms with Gasteiger partial charge in [-0.25, -0.2) is 0 Å². The normalized spacial score (nSPS) is 18.5. The van der Waals surface area contributed by atoms with Crippen LogP contribution in [0.15, 0.2) is 17.5 Å². The molecule has 2 N–H and O–H groups in total. The van der Waals surface area contributed by atoms with Crippen molar-refractivity contribution >= 4 is 17.2 Å². The summed E-state index contributed by atoms with van der Waals surface area (Å²) >= 11 is 1.81. The minimum absolute atomic E-state index is 0.0128. The zero-order chi connectivity index (χ0) is 15.1. The summed E-state index contributed by atoms with van der Waals surface area (Å²) < 4.78 is 0. The number of carbonyl (C=O) groups is 1. The second kappa shape index (κ2) is 8.51. The van der Waals surface area contributed by atoms with E-state index in [-0.39, 0.29) is 11.8 Å². The lowest BCUT2D eigenvalue weighted by atomic mass is 10.0.